The number of hydrogen-bond donors (Lipinski definition) is 0. The highest BCUT2D eigenvalue weighted by molar-refractivity contribution is 5.70. The molecule has 0 aromatic heterocycles. The lowest BCUT2D eigenvalue weighted by molar-refractivity contribution is -0.870. The number of quaternary nitrogens is 1. The number of likely N-dealkylation sites (N-methyl/N-ethyl adjacent to an activating group) is 1. The molecule has 0 heterocycles. The van der Waals surface area contributed by atoms with Gasteiger partial charge < -0.3 is 33.3 Å². The summed E-state index contributed by atoms with van der Waals surface area (Å²) in [5.41, 5.74) is 0. The Balaban J connectivity index is 4.21. The first-order valence-corrected chi connectivity index (χ1v) is 27.8. The summed E-state index contributed by atoms with van der Waals surface area (Å²) in [7, 11) is 5.89. The minimum Gasteiger partial charge on any atom is -0.545 e. The molecule has 9 heteroatoms. The third-order valence-corrected chi connectivity index (χ3v) is 11.1. The molecule has 0 aliphatic rings. The average molecular weight is 1000 g/mol. The van der Waals surface area contributed by atoms with Crippen LogP contribution in [0.2, 0.25) is 0 Å². The average Bonchev–Trinajstić information content (AvgIpc) is 3.35. The third-order valence-electron chi connectivity index (χ3n) is 11.1. The normalized spacial score (nSPS) is 13.8. The Labute approximate surface area is 439 Å². The van der Waals surface area contributed by atoms with E-state index in [1.165, 1.54) is 6.42 Å². The van der Waals surface area contributed by atoms with E-state index in [0.717, 1.165) is 148 Å². The molecule has 0 spiro atoms. The Kier molecular flexibility index (Phi) is 49.4. The second kappa shape index (κ2) is 52.7. The molecule has 0 N–H and O–H groups in total. The largest absolute Gasteiger partial charge is 0.545 e. The van der Waals surface area contributed by atoms with Crippen LogP contribution in [0.25, 0.3) is 0 Å². The summed E-state index contributed by atoms with van der Waals surface area (Å²) in [6, 6.07) is 0. The van der Waals surface area contributed by atoms with Crippen molar-refractivity contribution in [2.75, 3.05) is 47.5 Å². The van der Waals surface area contributed by atoms with E-state index in [1.807, 2.05) is 21.1 Å². The van der Waals surface area contributed by atoms with Crippen molar-refractivity contribution in [3.8, 4) is 0 Å². The zero-order valence-electron chi connectivity index (χ0n) is 46.0. The van der Waals surface area contributed by atoms with Crippen LogP contribution < -0.4 is 5.11 Å². The lowest BCUT2D eigenvalue weighted by atomic mass is 10.1. The van der Waals surface area contributed by atoms with Crippen LogP contribution in [0.1, 0.15) is 187 Å². The number of rotatable bonds is 49. The molecule has 0 aliphatic carbocycles. The lowest BCUT2D eigenvalue weighted by Crippen LogP contribution is -2.44. The molecule has 0 fully saturated rings. The van der Waals surface area contributed by atoms with E-state index in [9.17, 15) is 19.5 Å². The van der Waals surface area contributed by atoms with Gasteiger partial charge in [-0.15, -0.1) is 0 Å². The maximum absolute atomic E-state index is 12.8. The zero-order valence-corrected chi connectivity index (χ0v) is 46.0. The number of carboxylic acids is 1. The van der Waals surface area contributed by atoms with Gasteiger partial charge in [0.15, 0.2) is 12.4 Å². The summed E-state index contributed by atoms with van der Waals surface area (Å²) in [5, 5.41) is 11.7. The van der Waals surface area contributed by atoms with Crippen molar-refractivity contribution in [3.63, 3.8) is 0 Å². The molecule has 0 saturated carbocycles. The molecular weight excluding hydrogens is 899 g/mol. The molecule has 0 aliphatic heterocycles. The van der Waals surface area contributed by atoms with Crippen LogP contribution in [-0.4, -0.2) is 82.3 Å². The van der Waals surface area contributed by atoms with Gasteiger partial charge in [-0.25, -0.2) is 0 Å². The van der Waals surface area contributed by atoms with Gasteiger partial charge in [0, 0.05) is 12.8 Å². The van der Waals surface area contributed by atoms with Crippen LogP contribution in [0, 0.1) is 0 Å². The Hall–Kier alpha value is -4.57. The Bertz CT molecular complexity index is 1640. The summed E-state index contributed by atoms with van der Waals surface area (Å²) in [5.74, 6) is -2.34. The Morgan fingerprint density at radius 2 is 0.792 bits per heavy atom. The van der Waals surface area contributed by atoms with Gasteiger partial charge >= 0.3 is 11.9 Å². The van der Waals surface area contributed by atoms with Crippen molar-refractivity contribution in [3.05, 3.63) is 134 Å². The van der Waals surface area contributed by atoms with Gasteiger partial charge in [0.25, 0.3) is 0 Å². The molecule has 406 valence electrons. The fourth-order valence-corrected chi connectivity index (χ4v) is 6.86. The summed E-state index contributed by atoms with van der Waals surface area (Å²) in [6.07, 6.45) is 72.3. The van der Waals surface area contributed by atoms with E-state index >= 15 is 0 Å². The van der Waals surface area contributed by atoms with Crippen molar-refractivity contribution < 1.29 is 42.9 Å². The maximum atomic E-state index is 12.8. The molecule has 72 heavy (non-hydrogen) atoms. The highest BCUT2D eigenvalue weighted by Gasteiger charge is 2.22. The topological polar surface area (TPSA) is 111 Å². The number of carboxylic acid groups (broad SMARTS) is 1. The van der Waals surface area contributed by atoms with Crippen LogP contribution >= 0.6 is 0 Å². The number of unbranched alkanes of at least 4 members (excludes halogenated alkanes) is 12. The molecule has 9 nitrogen and oxygen atoms in total. The first-order chi connectivity index (χ1) is 35.1. The van der Waals surface area contributed by atoms with Crippen molar-refractivity contribution >= 4 is 17.9 Å². The van der Waals surface area contributed by atoms with Gasteiger partial charge in [-0.2, -0.15) is 0 Å². The molecule has 0 aromatic carbocycles. The predicted octanol–water partition coefficient (Wildman–Crippen LogP) is 14.9. The van der Waals surface area contributed by atoms with E-state index in [-0.39, 0.29) is 38.6 Å². The van der Waals surface area contributed by atoms with Crippen LogP contribution in [0.3, 0.4) is 0 Å². The number of hydrogen-bond acceptors (Lipinski definition) is 8. The molecule has 0 radical (unpaired) electrons. The first-order valence-electron chi connectivity index (χ1n) is 27.8. The SMILES string of the molecule is CC/C=C\C/C=C\C/C=C\C/C=C\C/C=C\C/C=C\C/C=C\C/C=C\C/C=C\C/C=C\CCCCCCCCC(=O)OC(COC(=O)CCCCCCC/C=C\CCC)COC(OCC[N+](C)(C)C)C(=O)[O-]. The summed E-state index contributed by atoms with van der Waals surface area (Å²) in [4.78, 5) is 37.1. The number of allylic oxidation sites excluding steroid dienone is 22. The van der Waals surface area contributed by atoms with Crippen LogP contribution in [0.15, 0.2) is 134 Å². The molecule has 0 rings (SSSR count). The quantitative estimate of drug-likeness (QED) is 0.0195. The van der Waals surface area contributed by atoms with E-state index in [4.69, 9.17) is 18.9 Å². The molecule has 0 saturated heterocycles. The summed E-state index contributed by atoms with van der Waals surface area (Å²) >= 11 is 0. The number of carbonyl (C=O) groups excluding carboxylic acids is 3. The number of carbonyl (C=O) groups is 3. The third kappa shape index (κ3) is 53.2. The molecular formula is C63H101NO8. The van der Waals surface area contributed by atoms with Crippen molar-refractivity contribution in [2.24, 2.45) is 0 Å². The predicted molar refractivity (Wildman–Crippen MR) is 301 cm³/mol. The number of ether oxygens (including phenoxy) is 4. The smallest absolute Gasteiger partial charge is 0.306 e. The van der Waals surface area contributed by atoms with Crippen molar-refractivity contribution in [2.45, 2.75) is 200 Å². The summed E-state index contributed by atoms with van der Waals surface area (Å²) < 4.78 is 22.5. The van der Waals surface area contributed by atoms with Crippen LogP contribution in [0.4, 0.5) is 0 Å². The monoisotopic (exact) mass is 1000 g/mol. The van der Waals surface area contributed by atoms with Gasteiger partial charge in [-0.3, -0.25) is 9.59 Å². The minimum atomic E-state index is -1.63. The van der Waals surface area contributed by atoms with Gasteiger partial charge in [-0.1, -0.05) is 199 Å². The lowest BCUT2D eigenvalue weighted by Gasteiger charge is -2.26. The number of aliphatic carboxylic acids is 1. The van der Waals surface area contributed by atoms with E-state index in [0.29, 0.717) is 17.4 Å². The fraction of sp³-hybridized carbons (Fsp3) is 0.603. The van der Waals surface area contributed by atoms with Crippen LogP contribution in [0.5, 0.6) is 0 Å². The molecule has 0 amide bonds. The maximum Gasteiger partial charge on any atom is 0.306 e. The first kappa shape index (κ1) is 67.4. The highest BCUT2D eigenvalue weighted by atomic mass is 16.7. The van der Waals surface area contributed by atoms with Crippen molar-refractivity contribution in [1.82, 2.24) is 0 Å². The standard InChI is InChI=1S/C63H101NO8/c1-6-8-10-12-14-16-18-19-20-21-22-23-24-25-26-27-28-29-30-31-32-33-34-35-36-37-38-39-40-41-42-43-44-46-48-50-52-54-61(66)72-59(58-71-63(62(67)68)69-56-55-64(3,4)5)57-70-60(65)53-51-49-47-45-17-15-13-11-9-7-2/h8,10-11,13-14,16,19-20,22-23,25-26,28-29,31-32,34-35,37-38,40-41,59,63H,6-7,9,12,15,17-18,21,24,27,30,33,36,39,42-58H2,1-5H3/b10-8-,13-11-,16-14-,20-19-,23-22-,26-25-,29-28-,32-31-,35-34-,38-37-,41-40-. The van der Waals surface area contributed by atoms with E-state index in [1.54, 1.807) is 0 Å². The molecule has 2 unspecified atom stereocenters. The number of nitrogens with zero attached hydrogens (tertiary/aromatic N) is 1. The zero-order chi connectivity index (χ0) is 52.7. The minimum absolute atomic E-state index is 0.136. The second-order valence-corrected chi connectivity index (χ2v) is 19.1. The molecule has 0 bridgehead atoms. The van der Waals surface area contributed by atoms with E-state index in [2.05, 4.69) is 148 Å². The Morgan fingerprint density at radius 3 is 1.19 bits per heavy atom. The molecule has 0 aromatic rings. The van der Waals surface area contributed by atoms with Gasteiger partial charge in [0.05, 0.1) is 40.3 Å². The Morgan fingerprint density at radius 1 is 0.431 bits per heavy atom. The van der Waals surface area contributed by atoms with Crippen molar-refractivity contribution in [1.29, 1.82) is 0 Å². The second-order valence-electron chi connectivity index (χ2n) is 19.1. The van der Waals surface area contributed by atoms with Gasteiger partial charge in [0.2, 0.25) is 0 Å². The van der Waals surface area contributed by atoms with Gasteiger partial charge in [-0.05, 0) is 109 Å². The highest BCUT2D eigenvalue weighted by Crippen LogP contribution is 2.13. The fourth-order valence-electron chi connectivity index (χ4n) is 6.86. The summed E-state index contributed by atoms with van der Waals surface area (Å²) in [6.45, 7) is 4.50. The van der Waals surface area contributed by atoms with Crippen LogP contribution in [-0.2, 0) is 33.3 Å². The number of esters is 2. The van der Waals surface area contributed by atoms with Gasteiger partial charge in [0.1, 0.15) is 13.2 Å². The van der Waals surface area contributed by atoms with E-state index < -0.39 is 24.3 Å². The molecule has 2 atom stereocenters.